The SMILES string of the molecule is CCC(=O)N1CCc2cc(C(=O)NC(COc3ccccc3F)c3ccccc3)ccc21. The fourth-order valence-electron chi connectivity index (χ4n) is 3.88. The van der Waals surface area contributed by atoms with Gasteiger partial charge in [-0.1, -0.05) is 49.4 Å². The van der Waals surface area contributed by atoms with Gasteiger partial charge >= 0.3 is 0 Å². The van der Waals surface area contributed by atoms with Gasteiger partial charge in [-0.15, -0.1) is 0 Å². The first-order valence-electron chi connectivity index (χ1n) is 10.7. The molecule has 3 aromatic rings. The molecule has 1 unspecified atom stereocenters. The van der Waals surface area contributed by atoms with Crippen molar-refractivity contribution in [2.24, 2.45) is 0 Å². The Balaban J connectivity index is 1.51. The number of halogens is 1. The highest BCUT2D eigenvalue weighted by molar-refractivity contribution is 5.98. The Morgan fingerprint density at radius 1 is 1.06 bits per heavy atom. The van der Waals surface area contributed by atoms with Gasteiger partial charge in [-0.25, -0.2) is 4.39 Å². The molecule has 0 saturated carbocycles. The Hall–Kier alpha value is -3.67. The van der Waals surface area contributed by atoms with E-state index in [1.807, 2.05) is 49.4 Å². The topological polar surface area (TPSA) is 58.6 Å². The van der Waals surface area contributed by atoms with Crippen molar-refractivity contribution in [1.29, 1.82) is 0 Å². The summed E-state index contributed by atoms with van der Waals surface area (Å²) in [5, 5.41) is 3.01. The molecule has 1 atom stereocenters. The van der Waals surface area contributed by atoms with E-state index in [1.165, 1.54) is 6.07 Å². The van der Waals surface area contributed by atoms with Crippen molar-refractivity contribution in [1.82, 2.24) is 5.32 Å². The Morgan fingerprint density at radius 3 is 2.56 bits per heavy atom. The lowest BCUT2D eigenvalue weighted by Crippen LogP contribution is -2.32. The number of nitrogens with one attached hydrogen (secondary N) is 1. The van der Waals surface area contributed by atoms with Gasteiger partial charge in [0.25, 0.3) is 5.91 Å². The van der Waals surface area contributed by atoms with Crippen LogP contribution < -0.4 is 15.0 Å². The normalized spacial score (nSPS) is 13.4. The van der Waals surface area contributed by atoms with Crippen LogP contribution in [0.4, 0.5) is 10.1 Å². The Kier molecular flexibility index (Phi) is 6.50. The van der Waals surface area contributed by atoms with E-state index in [0.29, 0.717) is 18.5 Å². The number of rotatable bonds is 7. The van der Waals surface area contributed by atoms with E-state index in [2.05, 4.69) is 5.32 Å². The van der Waals surface area contributed by atoms with Crippen LogP contribution in [0.15, 0.2) is 72.8 Å². The van der Waals surface area contributed by atoms with Gasteiger partial charge in [0.15, 0.2) is 11.6 Å². The Morgan fingerprint density at radius 2 is 1.81 bits per heavy atom. The number of benzene rings is 3. The third-order valence-corrected chi connectivity index (χ3v) is 5.59. The third-order valence-electron chi connectivity index (χ3n) is 5.59. The molecule has 1 aliphatic rings. The van der Waals surface area contributed by atoms with Gasteiger partial charge in [0, 0.05) is 24.2 Å². The van der Waals surface area contributed by atoms with Crippen molar-refractivity contribution in [3.8, 4) is 5.75 Å². The summed E-state index contributed by atoms with van der Waals surface area (Å²) in [5.74, 6) is -0.481. The number of hydrogen-bond acceptors (Lipinski definition) is 3. The molecule has 2 amide bonds. The minimum atomic E-state index is -0.463. The van der Waals surface area contributed by atoms with Crippen LogP contribution in [0.3, 0.4) is 0 Å². The van der Waals surface area contributed by atoms with Crippen LogP contribution >= 0.6 is 0 Å². The second-order valence-corrected chi connectivity index (χ2v) is 7.67. The predicted octanol–water partition coefficient (Wildman–Crippen LogP) is 4.67. The molecule has 0 radical (unpaired) electrons. The number of hydrogen-bond donors (Lipinski definition) is 1. The maximum Gasteiger partial charge on any atom is 0.251 e. The summed E-state index contributed by atoms with van der Waals surface area (Å²) in [6.45, 7) is 2.56. The lowest BCUT2D eigenvalue weighted by Gasteiger charge is -2.21. The molecule has 5 nitrogen and oxygen atoms in total. The van der Waals surface area contributed by atoms with Gasteiger partial charge < -0.3 is 15.0 Å². The first-order valence-corrected chi connectivity index (χ1v) is 10.7. The van der Waals surface area contributed by atoms with E-state index in [-0.39, 0.29) is 24.2 Å². The molecule has 0 fully saturated rings. The van der Waals surface area contributed by atoms with E-state index in [9.17, 15) is 14.0 Å². The summed E-state index contributed by atoms with van der Waals surface area (Å²) in [6, 6.07) is 20.6. The van der Waals surface area contributed by atoms with E-state index in [4.69, 9.17) is 4.74 Å². The molecular weight excluding hydrogens is 407 g/mol. The maximum atomic E-state index is 14.0. The van der Waals surface area contributed by atoms with E-state index in [1.54, 1.807) is 29.2 Å². The van der Waals surface area contributed by atoms with E-state index in [0.717, 1.165) is 23.2 Å². The number of fused-ring (bicyclic) bond motifs is 1. The molecular formula is C26H25FN2O3. The van der Waals surface area contributed by atoms with Gasteiger partial charge in [0.2, 0.25) is 5.91 Å². The van der Waals surface area contributed by atoms with Gasteiger partial charge in [-0.3, -0.25) is 9.59 Å². The molecule has 1 N–H and O–H groups in total. The fourth-order valence-corrected chi connectivity index (χ4v) is 3.88. The average molecular weight is 432 g/mol. The van der Waals surface area contributed by atoms with Crippen LogP contribution in [0.5, 0.6) is 5.75 Å². The van der Waals surface area contributed by atoms with Crippen molar-refractivity contribution in [2.75, 3.05) is 18.1 Å². The number of nitrogens with zero attached hydrogens (tertiary/aromatic N) is 1. The molecule has 1 aliphatic heterocycles. The molecule has 0 saturated heterocycles. The molecule has 6 heteroatoms. The Bertz CT molecular complexity index is 1120. The monoisotopic (exact) mass is 432 g/mol. The highest BCUT2D eigenvalue weighted by Gasteiger charge is 2.25. The van der Waals surface area contributed by atoms with Crippen LogP contribution in [-0.4, -0.2) is 25.0 Å². The number of carbonyl (C=O) groups is 2. The summed E-state index contributed by atoms with van der Waals surface area (Å²) in [4.78, 5) is 26.9. The first kappa shape index (κ1) is 21.6. The molecule has 0 spiro atoms. The van der Waals surface area contributed by atoms with Crippen LogP contribution in [0.2, 0.25) is 0 Å². The van der Waals surface area contributed by atoms with Crippen molar-refractivity contribution in [3.05, 3.63) is 95.3 Å². The molecule has 1 heterocycles. The van der Waals surface area contributed by atoms with Crippen molar-refractivity contribution in [3.63, 3.8) is 0 Å². The molecule has 0 aliphatic carbocycles. The zero-order valence-corrected chi connectivity index (χ0v) is 17.9. The zero-order chi connectivity index (χ0) is 22.5. The molecule has 4 rings (SSSR count). The van der Waals surface area contributed by atoms with Gasteiger partial charge in [-0.2, -0.15) is 0 Å². The molecule has 164 valence electrons. The number of ether oxygens (including phenoxy) is 1. The lowest BCUT2D eigenvalue weighted by atomic mass is 10.0. The summed E-state index contributed by atoms with van der Waals surface area (Å²) in [6.07, 6.45) is 1.17. The fraction of sp³-hybridized carbons (Fsp3) is 0.231. The number of carbonyl (C=O) groups excluding carboxylic acids is 2. The molecule has 0 aromatic heterocycles. The summed E-state index contributed by atoms with van der Waals surface area (Å²) >= 11 is 0. The summed E-state index contributed by atoms with van der Waals surface area (Å²) in [5.41, 5.74) is 3.23. The van der Waals surface area contributed by atoms with E-state index < -0.39 is 11.9 Å². The maximum absolute atomic E-state index is 14.0. The van der Waals surface area contributed by atoms with Gasteiger partial charge in [0.05, 0.1) is 6.04 Å². The second kappa shape index (κ2) is 9.64. The Labute approximate surface area is 186 Å². The standard InChI is InChI=1S/C26H25FN2O3/c1-2-25(30)29-15-14-19-16-20(12-13-23(19)29)26(31)28-22(18-8-4-3-5-9-18)17-32-24-11-7-6-10-21(24)27/h3-13,16,22H,2,14-15,17H2,1H3,(H,28,31). The number of anilines is 1. The highest BCUT2D eigenvalue weighted by Crippen LogP contribution is 2.29. The minimum absolute atomic E-state index is 0.0791. The van der Waals surface area contributed by atoms with Crippen LogP contribution in [0, 0.1) is 5.82 Å². The van der Waals surface area contributed by atoms with Gasteiger partial charge in [-0.05, 0) is 47.9 Å². The molecule has 0 bridgehead atoms. The van der Waals surface area contributed by atoms with Crippen LogP contribution in [0.1, 0.15) is 40.9 Å². The van der Waals surface area contributed by atoms with Crippen LogP contribution in [0.25, 0.3) is 0 Å². The average Bonchev–Trinajstić information content (AvgIpc) is 3.26. The quantitative estimate of drug-likeness (QED) is 0.590. The lowest BCUT2D eigenvalue weighted by molar-refractivity contribution is -0.118. The van der Waals surface area contributed by atoms with Crippen molar-refractivity contribution in [2.45, 2.75) is 25.8 Å². The van der Waals surface area contributed by atoms with Crippen molar-refractivity contribution < 1.29 is 18.7 Å². The number of para-hydroxylation sites is 1. The van der Waals surface area contributed by atoms with Crippen molar-refractivity contribution >= 4 is 17.5 Å². The minimum Gasteiger partial charge on any atom is -0.488 e. The largest absolute Gasteiger partial charge is 0.488 e. The highest BCUT2D eigenvalue weighted by atomic mass is 19.1. The second-order valence-electron chi connectivity index (χ2n) is 7.67. The summed E-state index contributed by atoms with van der Waals surface area (Å²) < 4.78 is 19.7. The molecule has 32 heavy (non-hydrogen) atoms. The smallest absolute Gasteiger partial charge is 0.251 e. The molecule has 3 aromatic carbocycles. The van der Waals surface area contributed by atoms with Crippen LogP contribution in [-0.2, 0) is 11.2 Å². The zero-order valence-electron chi connectivity index (χ0n) is 17.9. The van der Waals surface area contributed by atoms with Gasteiger partial charge in [0.1, 0.15) is 6.61 Å². The summed E-state index contributed by atoms with van der Waals surface area (Å²) in [7, 11) is 0. The predicted molar refractivity (Wildman–Crippen MR) is 121 cm³/mol. The first-order chi connectivity index (χ1) is 15.6. The third kappa shape index (κ3) is 4.64. The number of amides is 2. The van der Waals surface area contributed by atoms with E-state index >= 15 is 0 Å².